The summed E-state index contributed by atoms with van der Waals surface area (Å²) >= 11 is 0. The average molecular weight is 457 g/mol. The van der Waals surface area contributed by atoms with Gasteiger partial charge >= 0.3 is 0 Å². The molecule has 1 unspecified atom stereocenters. The van der Waals surface area contributed by atoms with Crippen molar-refractivity contribution in [1.82, 2.24) is 10.2 Å². The molecule has 0 aromatic heterocycles. The molecule has 2 amide bonds. The van der Waals surface area contributed by atoms with E-state index in [0.717, 1.165) is 35.1 Å². The van der Waals surface area contributed by atoms with Gasteiger partial charge < -0.3 is 10.2 Å². The monoisotopic (exact) mass is 456 g/mol. The largest absolute Gasteiger partial charge is 0.354 e. The second-order valence-electron chi connectivity index (χ2n) is 8.96. The van der Waals surface area contributed by atoms with E-state index in [4.69, 9.17) is 0 Å². The SMILES string of the molecule is CCCCNC(=O)C(Cc1ccccc1)N(Cc1ccc(C)cc1)C(=O)Cc1ccccc1C. The van der Waals surface area contributed by atoms with Gasteiger partial charge in [0.15, 0.2) is 0 Å². The van der Waals surface area contributed by atoms with Crippen LogP contribution in [0.15, 0.2) is 78.9 Å². The number of unbranched alkanes of at least 4 members (excludes halogenated alkanes) is 1. The summed E-state index contributed by atoms with van der Waals surface area (Å²) in [4.78, 5) is 28.9. The summed E-state index contributed by atoms with van der Waals surface area (Å²) in [5, 5.41) is 3.08. The van der Waals surface area contributed by atoms with E-state index in [1.54, 1.807) is 4.90 Å². The molecule has 4 nitrogen and oxygen atoms in total. The first-order valence-electron chi connectivity index (χ1n) is 12.2. The third-order valence-electron chi connectivity index (χ3n) is 6.18. The minimum atomic E-state index is -0.586. The molecule has 3 rings (SSSR count). The van der Waals surface area contributed by atoms with E-state index in [9.17, 15) is 9.59 Å². The number of carbonyl (C=O) groups excluding carboxylic acids is 2. The zero-order valence-corrected chi connectivity index (χ0v) is 20.6. The quantitative estimate of drug-likeness (QED) is 0.393. The molecule has 34 heavy (non-hydrogen) atoms. The van der Waals surface area contributed by atoms with Gasteiger partial charge in [-0.05, 0) is 42.5 Å². The van der Waals surface area contributed by atoms with Crippen molar-refractivity contribution in [3.63, 3.8) is 0 Å². The maximum Gasteiger partial charge on any atom is 0.243 e. The van der Waals surface area contributed by atoms with E-state index >= 15 is 0 Å². The van der Waals surface area contributed by atoms with Crippen LogP contribution in [0.1, 0.15) is 47.6 Å². The summed E-state index contributed by atoms with van der Waals surface area (Å²) < 4.78 is 0. The lowest BCUT2D eigenvalue weighted by atomic mass is 10.00. The summed E-state index contributed by atoms with van der Waals surface area (Å²) in [6, 6.07) is 25.5. The van der Waals surface area contributed by atoms with Crippen molar-refractivity contribution in [2.24, 2.45) is 0 Å². The van der Waals surface area contributed by atoms with Gasteiger partial charge in [0.25, 0.3) is 0 Å². The molecule has 0 spiro atoms. The molecule has 0 saturated heterocycles. The lowest BCUT2D eigenvalue weighted by Crippen LogP contribution is -2.51. The summed E-state index contributed by atoms with van der Waals surface area (Å²) in [7, 11) is 0. The molecule has 4 heteroatoms. The van der Waals surface area contributed by atoms with Crippen LogP contribution in [0.25, 0.3) is 0 Å². The molecule has 0 fully saturated rings. The smallest absolute Gasteiger partial charge is 0.243 e. The summed E-state index contributed by atoms with van der Waals surface area (Å²) in [6.07, 6.45) is 2.66. The number of hydrogen-bond donors (Lipinski definition) is 1. The molecule has 0 saturated carbocycles. The van der Waals surface area contributed by atoms with Gasteiger partial charge in [0.05, 0.1) is 6.42 Å². The highest BCUT2D eigenvalue weighted by molar-refractivity contribution is 5.89. The van der Waals surface area contributed by atoms with E-state index in [1.165, 1.54) is 5.56 Å². The predicted molar refractivity (Wildman–Crippen MR) is 138 cm³/mol. The highest BCUT2D eigenvalue weighted by Crippen LogP contribution is 2.18. The third-order valence-corrected chi connectivity index (χ3v) is 6.18. The first-order chi connectivity index (χ1) is 16.5. The summed E-state index contributed by atoms with van der Waals surface area (Å²) in [5.41, 5.74) is 5.29. The summed E-state index contributed by atoms with van der Waals surface area (Å²) in [5.74, 6) is -0.135. The number of nitrogens with zero attached hydrogens (tertiary/aromatic N) is 1. The molecule has 3 aromatic rings. The average Bonchev–Trinajstić information content (AvgIpc) is 2.84. The molecule has 3 aromatic carbocycles. The Bertz CT molecular complexity index is 1060. The number of aryl methyl sites for hydroxylation is 2. The Morgan fingerprint density at radius 1 is 0.853 bits per heavy atom. The topological polar surface area (TPSA) is 49.4 Å². The minimum absolute atomic E-state index is 0.0403. The van der Waals surface area contributed by atoms with Crippen molar-refractivity contribution < 1.29 is 9.59 Å². The van der Waals surface area contributed by atoms with Gasteiger partial charge in [-0.3, -0.25) is 9.59 Å². The predicted octanol–water partition coefficient (Wildman–Crippen LogP) is 5.40. The molecular formula is C30H36N2O2. The lowest BCUT2D eigenvalue weighted by Gasteiger charge is -2.32. The van der Waals surface area contributed by atoms with Crippen LogP contribution in [0.5, 0.6) is 0 Å². The maximum atomic E-state index is 13.7. The van der Waals surface area contributed by atoms with Crippen LogP contribution in [0, 0.1) is 13.8 Å². The highest BCUT2D eigenvalue weighted by atomic mass is 16.2. The van der Waals surface area contributed by atoms with Crippen molar-refractivity contribution in [3.8, 4) is 0 Å². The van der Waals surface area contributed by atoms with E-state index < -0.39 is 6.04 Å². The Morgan fingerprint density at radius 2 is 1.53 bits per heavy atom. The van der Waals surface area contributed by atoms with E-state index in [2.05, 4.69) is 12.2 Å². The van der Waals surface area contributed by atoms with Crippen molar-refractivity contribution >= 4 is 11.8 Å². The van der Waals surface area contributed by atoms with Crippen molar-refractivity contribution in [3.05, 3.63) is 107 Å². The van der Waals surface area contributed by atoms with Crippen molar-refractivity contribution in [2.45, 2.75) is 59.0 Å². The Kier molecular flexibility index (Phi) is 9.45. The van der Waals surface area contributed by atoms with Crippen LogP contribution in [-0.2, 0) is 29.0 Å². The number of hydrogen-bond acceptors (Lipinski definition) is 2. The van der Waals surface area contributed by atoms with Gasteiger partial charge in [-0.1, -0.05) is 97.8 Å². The first kappa shape index (κ1) is 25.2. The molecular weight excluding hydrogens is 420 g/mol. The van der Waals surface area contributed by atoms with Gasteiger partial charge in [-0.25, -0.2) is 0 Å². The fraction of sp³-hybridized carbons (Fsp3) is 0.333. The number of benzene rings is 3. The zero-order valence-electron chi connectivity index (χ0n) is 20.6. The maximum absolute atomic E-state index is 13.7. The summed E-state index contributed by atoms with van der Waals surface area (Å²) in [6.45, 7) is 7.17. The van der Waals surface area contributed by atoms with E-state index in [1.807, 2.05) is 92.7 Å². The molecule has 0 aliphatic carbocycles. The Hall–Kier alpha value is -3.40. The van der Waals surface area contributed by atoms with Gasteiger partial charge in [-0.2, -0.15) is 0 Å². The fourth-order valence-corrected chi connectivity index (χ4v) is 4.02. The zero-order chi connectivity index (χ0) is 24.3. The van der Waals surface area contributed by atoms with Crippen LogP contribution >= 0.6 is 0 Å². The fourth-order valence-electron chi connectivity index (χ4n) is 4.02. The Balaban J connectivity index is 1.94. The molecule has 0 aliphatic heterocycles. The van der Waals surface area contributed by atoms with Crippen LogP contribution in [0.4, 0.5) is 0 Å². The third kappa shape index (κ3) is 7.31. The van der Waals surface area contributed by atoms with Gasteiger partial charge in [0, 0.05) is 19.5 Å². The number of amides is 2. The number of carbonyl (C=O) groups is 2. The normalized spacial score (nSPS) is 11.6. The Labute approximate surface area is 204 Å². The van der Waals surface area contributed by atoms with Crippen LogP contribution in [0.3, 0.4) is 0 Å². The minimum Gasteiger partial charge on any atom is -0.354 e. The molecule has 0 heterocycles. The van der Waals surface area contributed by atoms with E-state index in [0.29, 0.717) is 19.5 Å². The second kappa shape index (κ2) is 12.7. The highest BCUT2D eigenvalue weighted by Gasteiger charge is 2.30. The lowest BCUT2D eigenvalue weighted by molar-refractivity contribution is -0.140. The van der Waals surface area contributed by atoms with Crippen LogP contribution in [-0.4, -0.2) is 29.3 Å². The standard InChI is InChI=1S/C30H36N2O2/c1-4-5-19-31-30(34)28(20-25-12-7-6-8-13-25)32(22-26-17-15-23(2)16-18-26)29(33)21-27-14-10-9-11-24(27)3/h6-18,28H,4-5,19-22H2,1-3H3,(H,31,34). The number of nitrogens with one attached hydrogen (secondary N) is 1. The van der Waals surface area contributed by atoms with Gasteiger partial charge in [-0.15, -0.1) is 0 Å². The second-order valence-corrected chi connectivity index (χ2v) is 8.96. The molecule has 1 atom stereocenters. The van der Waals surface area contributed by atoms with E-state index in [-0.39, 0.29) is 18.2 Å². The molecule has 0 bridgehead atoms. The Morgan fingerprint density at radius 3 is 2.21 bits per heavy atom. The number of rotatable bonds is 11. The van der Waals surface area contributed by atoms with Crippen molar-refractivity contribution in [1.29, 1.82) is 0 Å². The van der Waals surface area contributed by atoms with Crippen LogP contribution < -0.4 is 5.32 Å². The molecule has 178 valence electrons. The molecule has 0 radical (unpaired) electrons. The molecule has 1 N–H and O–H groups in total. The van der Waals surface area contributed by atoms with Gasteiger partial charge in [0.2, 0.25) is 11.8 Å². The molecule has 0 aliphatic rings. The van der Waals surface area contributed by atoms with Gasteiger partial charge in [0.1, 0.15) is 6.04 Å². The van der Waals surface area contributed by atoms with Crippen molar-refractivity contribution in [2.75, 3.05) is 6.54 Å². The first-order valence-corrected chi connectivity index (χ1v) is 12.2. The van der Waals surface area contributed by atoms with Crippen LogP contribution in [0.2, 0.25) is 0 Å².